The normalized spacial score (nSPS) is 15.7. The molecule has 2 aromatic heterocycles. The van der Waals surface area contributed by atoms with Crippen molar-refractivity contribution >= 4 is 17.7 Å². The highest BCUT2D eigenvalue weighted by Gasteiger charge is 2.24. The summed E-state index contributed by atoms with van der Waals surface area (Å²) in [7, 11) is 0. The van der Waals surface area contributed by atoms with E-state index in [0.717, 1.165) is 35.5 Å². The van der Waals surface area contributed by atoms with Crippen LogP contribution in [-0.4, -0.2) is 36.9 Å². The number of para-hydroxylation sites is 1. The summed E-state index contributed by atoms with van der Waals surface area (Å²) in [6.07, 6.45) is 9.34. The Balaban J connectivity index is 1.62. The van der Waals surface area contributed by atoms with E-state index in [1.807, 2.05) is 35.8 Å². The molecule has 1 aliphatic carbocycles. The second-order valence-electron chi connectivity index (χ2n) is 7.77. The lowest BCUT2D eigenvalue weighted by molar-refractivity contribution is -0.121. The third-order valence-corrected chi connectivity index (χ3v) is 6.56. The molecule has 0 radical (unpaired) electrons. The predicted molar refractivity (Wildman–Crippen MR) is 120 cm³/mol. The maximum Gasteiger partial charge on any atom is 0.233 e. The predicted octanol–water partition coefficient (Wildman–Crippen LogP) is 4.57. The van der Waals surface area contributed by atoms with E-state index >= 15 is 0 Å². The lowest BCUT2D eigenvalue weighted by Crippen LogP contribution is -2.40. The van der Waals surface area contributed by atoms with Crippen LogP contribution < -0.4 is 5.32 Å². The van der Waals surface area contributed by atoms with Crippen molar-refractivity contribution in [1.29, 1.82) is 0 Å². The third-order valence-electron chi connectivity index (χ3n) is 5.51. The van der Waals surface area contributed by atoms with E-state index in [1.165, 1.54) is 31.0 Å². The van der Waals surface area contributed by atoms with Gasteiger partial charge in [-0.25, -0.2) is 0 Å². The van der Waals surface area contributed by atoms with Crippen LogP contribution >= 0.6 is 11.8 Å². The Labute approximate surface area is 181 Å². The highest BCUT2D eigenvalue weighted by molar-refractivity contribution is 8.00. The van der Waals surface area contributed by atoms with E-state index in [-0.39, 0.29) is 11.2 Å². The van der Waals surface area contributed by atoms with Crippen molar-refractivity contribution < 1.29 is 4.79 Å². The van der Waals surface area contributed by atoms with Gasteiger partial charge in [-0.2, -0.15) is 0 Å². The van der Waals surface area contributed by atoms with Crippen molar-refractivity contribution in [2.45, 2.75) is 62.4 Å². The van der Waals surface area contributed by atoms with Gasteiger partial charge in [-0.15, -0.1) is 10.2 Å². The van der Waals surface area contributed by atoms with E-state index in [4.69, 9.17) is 0 Å². The summed E-state index contributed by atoms with van der Waals surface area (Å²) in [5.41, 5.74) is 3.01. The molecule has 156 valence electrons. The molecule has 0 aliphatic heterocycles. The minimum Gasteiger partial charge on any atom is -0.352 e. The summed E-state index contributed by atoms with van der Waals surface area (Å²) in [4.78, 5) is 17.0. The minimum atomic E-state index is -0.263. The molecule has 0 spiro atoms. The molecule has 1 aromatic carbocycles. The molecule has 30 heavy (non-hydrogen) atoms. The molecule has 1 fully saturated rings. The number of rotatable bonds is 6. The van der Waals surface area contributed by atoms with Gasteiger partial charge >= 0.3 is 0 Å². The fourth-order valence-corrected chi connectivity index (χ4v) is 4.71. The molecule has 1 aliphatic rings. The highest BCUT2D eigenvalue weighted by atomic mass is 32.2. The van der Waals surface area contributed by atoms with E-state index in [0.29, 0.717) is 11.2 Å². The molecule has 1 saturated carbocycles. The fourth-order valence-electron chi connectivity index (χ4n) is 3.84. The van der Waals surface area contributed by atoms with Gasteiger partial charge in [0.25, 0.3) is 0 Å². The van der Waals surface area contributed by atoms with E-state index < -0.39 is 0 Å². The summed E-state index contributed by atoms with van der Waals surface area (Å²) in [6, 6.07) is 12.3. The van der Waals surface area contributed by atoms with Gasteiger partial charge in [0.1, 0.15) is 0 Å². The monoisotopic (exact) mass is 421 g/mol. The summed E-state index contributed by atoms with van der Waals surface area (Å²) < 4.78 is 2.03. The van der Waals surface area contributed by atoms with Crippen LogP contribution in [0.25, 0.3) is 17.1 Å². The Bertz CT molecular complexity index is 998. The second kappa shape index (κ2) is 9.43. The molecule has 2 heterocycles. The topological polar surface area (TPSA) is 72.7 Å². The first-order valence-electron chi connectivity index (χ1n) is 10.5. The summed E-state index contributed by atoms with van der Waals surface area (Å²) >= 11 is 1.44. The number of nitrogens with zero attached hydrogens (tertiary/aromatic N) is 4. The van der Waals surface area contributed by atoms with Crippen molar-refractivity contribution in [2.24, 2.45) is 0 Å². The van der Waals surface area contributed by atoms with Crippen LogP contribution in [0.5, 0.6) is 0 Å². The maximum absolute atomic E-state index is 12.8. The van der Waals surface area contributed by atoms with Crippen LogP contribution in [0.4, 0.5) is 0 Å². The fraction of sp³-hybridized carbons (Fsp3) is 0.391. The Kier molecular flexibility index (Phi) is 6.47. The van der Waals surface area contributed by atoms with E-state index in [9.17, 15) is 4.79 Å². The summed E-state index contributed by atoms with van der Waals surface area (Å²) in [5.74, 6) is 0.786. The molecular formula is C23H27N5OS. The highest BCUT2D eigenvalue weighted by Crippen LogP contribution is 2.31. The Morgan fingerprint density at radius 2 is 1.93 bits per heavy atom. The Hall–Kier alpha value is -2.67. The van der Waals surface area contributed by atoms with Crippen LogP contribution in [0.3, 0.4) is 0 Å². The molecule has 1 N–H and O–H groups in total. The zero-order valence-corrected chi connectivity index (χ0v) is 18.2. The molecule has 6 nitrogen and oxygen atoms in total. The number of carbonyl (C=O) groups excluding carboxylic acids is 1. The zero-order chi connectivity index (χ0) is 20.9. The van der Waals surface area contributed by atoms with E-state index in [2.05, 4.69) is 39.6 Å². The second-order valence-corrected chi connectivity index (χ2v) is 9.08. The standard InChI is InChI=1S/C23H27N5OS/c1-16-9-6-7-13-20(16)28-21(18-10-8-14-24-15-18)26-27-23(28)30-17(2)22(29)25-19-11-4-3-5-12-19/h6-10,13-15,17,19H,3-5,11-12H2,1-2H3,(H,25,29). The number of carbonyl (C=O) groups is 1. The van der Waals surface area contributed by atoms with Crippen LogP contribution in [-0.2, 0) is 4.79 Å². The first-order valence-corrected chi connectivity index (χ1v) is 11.4. The number of thioether (sulfide) groups is 1. The van der Waals surface area contributed by atoms with Crippen LogP contribution in [0.2, 0.25) is 0 Å². The number of nitrogens with one attached hydrogen (secondary N) is 1. The zero-order valence-electron chi connectivity index (χ0n) is 17.4. The van der Waals surface area contributed by atoms with Crippen molar-refractivity contribution in [1.82, 2.24) is 25.1 Å². The number of aromatic nitrogens is 4. The Morgan fingerprint density at radius 3 is 2.67 bits per heavy atom. The first-order chi connectivity index (χ1) is 14.6. The smallest absolute Gasteiger partial charge is 0.233 e. The molecule has 1 unspecified atom stereocenters. The number of aryl methyl sites for hydroxylation is 1. The lowest BCUT2D eigenvalue weighted by Gasteiger charge is -2.24. The third kappa shape index (κ3) is 4.56. The molecule has 4 rings (SSSR count). The lowest BCUT2D eigenvalue weighted by atomic mass is 9.95. The number of benzene rings is 1. The molecule has 0 bridgehead atoms. The largest absolute Gasteiger partial charge is 0.352 e. The van der Waals surface area contributed by atoms with Crippen molar-refractivity contribution in [3.8, 4) is 17.1 Å². The van der Waals surface area contributed by atoms with Crippen molar-refractivity contribution in [2.75, 3.05) is 0 Å². The SMILES string of the molecule is Cc1ccccc1-n1c(SC(C)C(=O)NC2CCCCC2)nnc1-c1cccnc1. The van der Waals surface area contributed by atoms with Crippen LogP contribution in [0.1, 0.15) is 44.6 Å². The molecular weight excluding hydrogens is 394 g/mol. The van der Waals surface area contributed by atoms with Gasteiger partial charge in [0.15, 0.2) is 11.0 Å². The van der Waals surface area contributed by atoms with Gasteiger partial charge < -0.3 is 5.32 Å². The number of hydrogen-bond acceptors (Lipinski definition) is 5. The van der Waals surface area contributed by atoms with Gasteiger partial charge in [0.05, 0.1) is 10.9 Å². The number of pyridine rings is 1. The van der Waals surface area contributed by atoms with E-state index in [1.54, 1.807) is 12.4 Å². The average Bonchev–Trinajstić information content (AvgIpc) is 3.18. The summed E-state index contributed by atoms with van der Waals surface area (Å²) in [5, 5.41) is 12.6. The Morgan fingerprint density at radius 1 is 1.13 bits per heavy atom. The summed E-state index contributed by atoms with van der Waals surface area (Å²) in [6.45, 7) is 4.00. The number of hydrogen-bond donors (Lipinski definition) is 1. The molecule has 7 heteroatoms. The molecule has 0 saturated heterocycles. The van der Waals surface area contributed by atoms with Gasteiger partial charge in [0.2, 0.25) is 5.91 Å². The van der Waals surface area contributed by atoms with Gasteiger partial charge in [0, 0.05) is 24.0 Å². The van der Waals surface area contributed by atoms with Gasteiger partial charge in [-0.3, -0.25) is 14.3 Å². The first kappa shape index (κ1) is 20.6. The molecule has 3 aromatic rings. The van der Waals surface area contributed by atoms with Gasteiger partial charge in [-0.1, -0.05) is 49.2 Å². The van der Waals surface area contributed by atoms with Crippen molar-refractivity contribution in [3.05, 3.63) is 54.4 Å². The van der Waals surface area contributed by atoms with Crippen LogP contribution in [0.15, 0.2) is 53.9 Å². The number of amides is 1. The molecule has 1 amide bonds. The van der Waals surface area contributed by atoms with Gasteiger partial charge in [-0.05, 0) is 50.5 Å². The molecule has 1 atom stereocenters. The van der Waals surface area contributed by atoms with Crippen LogP contribution in [0, 0.1) is 6.92 Å². The minimum absolute atomic E-state index is 0.0640. The van der Waals surface area contributed by atoms with Crippen molar-refractivity contribution in [3.63, 3.8) is 0 Å². The maximum atomic E-state index is 12.8. The average molecular weight is 422 g/mol. The quantitative estimate of drug-likeness (QED) is 0.591.